The minimum atomic E-state index is -4.54. The standard InChI is InChI=1S/C21H16F4N2O4S/c22-15-4-6-16(7-5-15)27-32(29,30)19-10-8-18(9-11-19)31-13-20(28)26-17-3-1-2-14(12-17)21(23,24)25/h1-12,27H,13H2,(H,26,28). The van der Waals surface area contributed by atoms with Crippen molar-refractivity contribution >= 4 is 27.3 Å². The van der Waals surface area contributed by atoms with E-state index in [4.69, 9.17) is 4.74 Å². The van der Waals surface area contributed by atoms with Crippen LogP contribution in [0.3, 0.4) is 0 Å². The maximum Gasteiger partial charge on any atom is 0.416 e. The van der Waals surface area contributed by atoms with Crippen LogP contribution in [0.2, 0.25) is 0 Å². The average Bonchev–Trinajstić information content (AvgIpc) is 2.74. The molecule has 0 saturated carbocycles. The number of sulfonamides is 1. The van der Waals surface area contributed by atoms with Crippen molar-refractivity contribution in [2.45, 2.75) is 11.1 Å². The number of carbonyl (C=O) groups is 1. The number of ether oxygens (including phenoxy) is 1. The molecule has 1 amide bonds. The molecule has 6 nitrogen and oxygen atoms in total. The summed E-state index contributed by atoms with van der Waals surface area (Å²) in [6.07, 6.45) is -4.54. The maximum absolute atomic E-state index is 12.9. The van der Waals surface area contributed by atoms with Gasteiger partial charge in [-0.1, -0.05) is 6.07 Å². The summed E-state index contributed by atoms with van der Waals surface area (Å²) in [6.45, 7) is -0.504. The van der Waals surface area contributed by atoms with Crippen molar-refractivity contribution < 1.29 is 35.5 Å². The second kappa shape index (κ2) is 9.27. The van der Waals surface area contributed by atoms with Gasteiger partial charge in [-0.2, -0.15) is 13.2 Å². The molecule has 0 saturated heterocycles. The predicted octanol–water partition coefficient (Wildman–Crippen LogP) is 4.66. The normalized spacial score (nSPS) is 11.6. The highest BCUT2D eigenvalue weighted by Gasteiger charge is 2.30. The molecule has 0 aliphatic carbocycles. The van der Waals surface area contributed by atoms with Gasteiger partial charge in [-0.3, -0.25) is 9.52 Å². The van der Waals surface area contributed by atoms with Crippen LogP contribution in [0.5, 0.6) is 5.75 Å². The van der Waals surface area contributed by atoms with Crippen LogP contribution in [-0.2, 0) is 21.0 Å². The highest BCUT2D eigenvalue weighted by molar-refractivity contribution is 7.92. The highest BCUT2D eigenvalue weighted by atomic mass is 32.2. The number of alkyl halides is 3. The lowest BCUT2D eigenvalue weighted by Gasteiger charge is -2.11. The molecule has 168 valence electrons. The van der Waals surface area contributed by atoms with Gasteiger partial charge in [-0.15, -0.1) is 0 Å². The van der Waals surface area contributed by atoms with Crippen LogP contribution in [0.1, 0.15) is 5.56 Å². The molecule has 0 aromatic heterocycles. The molecule has 3 aromatic carbocycles. The minimum Gasteiger partial charge on any atom is -0.484 e. The second-order valence-corrected chi connectivity index (χ2v) is 8.18. The maximum atomic E-state index is 12.9. The smallest absolute Gasteiger partial charge is 0.416 e. The first kappa shape index (κ1) is 23.1. The molecule has 0 aliphatic rings. The van der Waals surface area contributed by atoms with Crippen LogP contribution in [-0.4, -0.2) is 20.9 Å². The fourth-order valence-electron chi connectivity index (χ4n) is 2.57. The third kappa shape index (κ3) is 6.20. The first-order valence-corrected chi connectivity index (χ1v) is 10.5. The van der Waals surface area contributed by atoms with Gasteiger partial charge in [0, 0.05) is 11.4 Å². The van der Waals surface area contributed by atoms with Crippen molar-refractivity contribution in [1.82, 2.24) is 0 Å². The number of halogens is 4. The second-order valence-electron chi connectivity index (χ2n) is 6.50. The van der Waals surface area contributed by atoms with Crippen LogP contribution in [0.15, 0.2) is 77.7 Å². The Labute approximate surface area is 180 Å². The molecule has 0 unspecified atom stereocenters. The largest absolute Gasteiger partial charge is 0.484 e. The lowest BCUT2D eigenvalue weighted by Crippen LogP contribution is -2.20. The third-order valence-electron chi connectivity index (χ3n) is 4.07. The van der Waals surface area contributed by atoms with Gasteiger partial charge in [0.15, 0.2) is 6.61 Å². The fraction of sp³-hybridized carbons (Fsp3) is 0.0952. The zero-order valence-electron chi connectivity index (χ0n) is 16.2. The minimum absolute atomic E-state index is 0.0401. The van der Waals surface area contributed by atoms with E-state index in [1.54, 1.807) is 0 Å². The predicted molar refractivity (Wildman–Crippen MR) is 109 cm³/mol. The summed E-state index contributed by atoms with van der Waals surface area (Å²) in [5.41, 5.74) is -0.762. The van der Waals surface area contributed by atoms with Crippen molar-refractivity contribution in [2.24, 2.45) is 0 Å². The molecule has 2 N–H and O–H groups in total. The van der Waals surface area contributed by atoms with E-state index in [9.17, 15) is 30.8 Å². The Kier molecular flexibility index (Phi) is 6.68. The van der Waals surface area contributed by atoms with E-state index in [0.29, 0.717) is 0 Å². The van der Waals surface area contributed by atoms with Gasteiger partial charge in [0.05, 0.1) is 10.5 Å². The van der Waals surface area contributed by atoms with Crippen LogP contribution in [0.25, 0.3) is 0 Å². The first-order valence-electron chi connectivity index (χ1n) is 9.01. The summed E-state index contributed by atoms with van der Waals surface area (Å²) in [6, 6.07) is 14.0. The van der Waals surface area contributed by atoms with Crippen LogP contribution < -0.4 is 14.8 Å². The molecular weight excluding hydrogens is 452 g/mol. The zero-order valence-corrected chi connectivity index (χ0v) is 17.0. The Morgan fingerprint density at radius 3 is 2.19 bits per heavy atom. The van der Waals surface area contributed by atoms with Crippen LogP contribution in [0, 0.1) is 5.82 Å². The summed E-state index contributed by atoms with van der Waals surface area (Å²) >= 11 is 0. The van der Waals surface area contributed by atoms with Crippen molar-refractivity contribution in [1.29, 1.82) is 0 Å². The van der Waals surface area contributed by atoms with Crippen molar-refractivity contribution in [3.63, 3.8) is 0 Å². The highest BCUT2D eigenvalue weighted by Crippen LogP contribution is 2.30. The Morgan fingerprint density at radius 2 is 1.56 bits per heavy atom. The Bertz CT molecular complexity index is 1200. The Morgan fingerprint density at radius 1 is 0.906 bits per heavy atom. The van der Waals surface area contributed by atoms with E-state index in [2.05, 4.69) is 10.0 Å². The number of nitrogens with one attached hydrogen (secondary N) is 2. The molecule has 11 heteroatoms. The van der Waals surface area contributed by atoms with Gasteiger partial charge in [0.2, 0.25) is 0 Å². The molecule has 0 bridgehead atoms. The van der Waals surface area contributed by atoms with Crippen molar-refractivity contribution in [3.05, 3.63) is 84.2 Å². The molecule has 0 aliphatic heterocycles. The van der Waals surface area contributed by atoms with Crippen molar-refractivity contribution in [2.75, 3.05) is 16.6 Å². The monoisotopic (exact) mass is 468 g/mol. The summed E-state index contributed by atoms with van der Waals surface area (Å²) in [4.78, 5) is 11.9. The van der Waals surface area contributed by atoms with Gasteiger partial charge in [0.1, 0.15) is 11.6 Å². The summed E-state index contributed by atoms with van der Waals surface area (Å²) in [7, 11) is -3.93. The summed E-state index contributed by atoms with van der Waals surface area (Å²) in [5.74, 6) is -1.03. The molecule has 32 heavy (non-hydrogen) atoms. The number of amides is 1. The van der Waals surface area contributed by atoms with E-state index >= 15 is 0 Å². The molecule has 0 fully saturated rings. The first-order chi connectivity index (χ1) is 15.0. The van der Waals surface area contributed by atoms with Gasteiger partial charge in [-0.25, -0.2) is 12.8 Å². The topological polar surface area (TPSA) is 84.5 Å². The number of benzene rings is 3. The number of hydrogen-bond acceptors (Lipinski definition) is 4. The van der Waals surface area contributed by atoms with E-state index in [1.807, 2.05) is 0 Å². The molecule has 3 rings (SSSR count). The Hall–Kier alpha value is -3.60. The van der Waals surface area contributed by atoms with Crippen LogP contribution >= 0.6 is 0 Å². The molecular formula is C21H16F4N2O4S. The summed E-state index contributed by atoms with van der Waals surface area (Å²) in [5, 5.41) is 2.30. The van der Waals surface area contributed by atoms with E-state index in [0.717, 1.165) is 24.3 Å². The zero-order chi connectivity index (χ0) is 23.4. The van der Waals surface area contributed by atoms with E-state index in [-0.39, 0.29) is 22.0 Å². The number of carbonyl (C=O) groups excluding carboxylic acids is 1. The Balaban J connectivity index is 1.57. The third-order valence-corrected chi connectivity index (χ3v) is 5.47. The lowest BCUT2D eigenvalue weighted by molar-refractivity contribution is -0.137. The quantitative estimate of drug-likeness (QED) is 0.494. The SMILES string of the molecule is O=C(COc1ccc(S(=O)(=O)Nc2ccc(F)cc2)cc1)Nc1cccc(C(F)(F)F)c1. The van der Waals surface area contributed by atoms with Gasteiger partial charge in [0.25, 0.3) is 15.9 Å². The van der Waals surface area contributed by atoms with Crippen molar-refractivity contribution in [3.8, 4) is 5.75 Å². The molecule has 0 heterocycles. The molecule has 0 spiro atoms. The van der Waals surface area contributed by atoms with Gasteiger partial charge >= 0.3 is 6.18 Å². The number of anilines is 2. The van der Waals surface area contributed by atoms with E-state index < -0.39 is 40.1 Å². The number of rotatable bonds is 7. The number of hydrogen-bond donors (Lipinski definition) is 2. The molecule has 0 atom stereocenters. The fourth-order valence-corrected chi connectivity index (χ4v) is 3.62. The van der Waals surface area contributed by atoms with Crippen LogP contribution in [0.4, 0.5) is 28.9 Å². The van der Waals surface area contributed by atoms with Gasteiger partial charge in [-0.05, 0) is 66.7 Å². The van der Waals surface area contributed by atoms with Gasteiger partial charge < -0.3 is 10.1 Å². The molecule has 3 aromatic rings. The average molecular weight is 468 g/mol. The lowest BCUT2D eigenvalue weighted by atomic mass is 10.2. The van der Waals surface area contributed by atoms with E-state index in [1.165, 1.54) is 48.5 Å². The molecule has 0 radical (unpaired) electrons. The summed E-state index contributed by atoms with van der Waals surface area (Å²) < 4.78 is 83.4.